The first-order chi connectivity index (χ1) is 9.49. The molecule has 2 rings (SSSR count). The summed E-state index contributed by atoms with van der Waals surface area (Å²) in [5.41, 5.74) is 0.305. The van der Waals surface area contributed by atoms with Gasteiger partial charge in [-0.25, -0.2) is 9.18 Å². The number of benzene rings is 1. The smallest absolute Gasteiger partial charge is 0.336 e. The highest BCUT2D eigenvalue weighted by Gasteiger charge is 2.20. The van der Waals surface area contributed by atoms with Gasteiger partial charge in [0, 0.05) is 6.54 Å². The van der Waals surface area contributed by atoms with Crippen molar-refractivity contribution in [1.29, 1.82) is 0 Å². The van der Waals surface area contributed by atoms with E-state index in [0.717, 1.165) is 12.5 Å². The van der Waals surface area contributed by atoms with E-state index in [0.29, 0.717) is 11.6 Å². The molecule has 0 radical (unpaired) electrons. The molecule has 0 heterocycles. The van der Waals surface area contributed by atoms with Gasteiger partial charge in [-0.05, 0) is 52.7 Å². The summed E-state index contributed by atoms with van der Waals surface area (Å²) >= 11 is 3.01. The number of carbonyl (C=O) groups is 1. The Morgan fingerprint density at radius 1 is 1.50 bits per heavy atom. The zero-order valence-corrected chi connectivity index (χ0v) is 13.0. The summed E-state index contributed by atoms with van der Waals surface area (Å²) in [6, 6.07) is 2.91. The lowest BCUT2D eigenvalue weighted by atomic mass is 9.82. The van der Waals surface area contributed by atoms with E-state index < -0.39 is 11.8 Å². The van der Waals surface area contributed by atoms with E-state index in [1.54, 1.807) is 0 Å². The average Bonchev–Trinajstić information content (AvgIpc) is 2.40. The zero-order valence-electron chi connectivity index (χ0n) is 11.5. The van der Waals surface area contributed by atoms with E-state index >= 15 is 0 Å². The second-order valence-corrected chi connectivity index (χ2v) is 6.41. The number of carboxylic acid groups (broad SMARTS) is 1. The number of anilines is 1. The third kappa shape index (κ3) is 3.51. The summed E-state index contributed by atoms with van der Waals surface area (Å²) < 4.78 is 14.1. The van der Waals surface area contributed by atoms with E-state index in [2.05, 4.69) is 28.2 Å². The predicted octanol–water partition coefficient (Wildman–Crippen LogP) is 4.52. The van der Waals surface area contributed by atoms with Gasteiger partial charge in [-0.15, -0.1) is 0 Å². The van der Waals surface area contributed by atoms with E-state index in [1.165, 1.54) is 37.8 Å². The van der Waals surface area contributed by atoms with Gasteiger partial charge in [-0.2, -0.15) is 0 Å². The van der Waals surface area contributed by atoms with Crippen LogP contribution in [0, 0.1) is 17.7 Å². The highest BCUT2D eigenvalue weighted by molar-refractivity contribution is 9.10. The number of rotatable bonds is 4. The van der Waals surface area contributed by atoms with Crippen molar-refractivity contribution in [3.05, 3.63) is 28.0 Å². The summed E-state index contributed by atoms with van der Waals surface area (Å²) in [6.07, 6.45) is 4.86. The fourth-order valence-electron chi connectivity index (χ4n) is 2.85. The minimum atomic E-state index is -1.14. The molecule has 1 aliphatic carbocycles. The van der Waals surface area contributed by atoms with Crippen LogP contribution in [0.25, 0.3) is 0 Å². The van der Waals surface area contributed by atoms with E-state index in [-0.39, 0.29) is 10.0 Å². The Kier molecular flexibility index (Phi) is 5.02. The van der Waals surface area contributed by atoms with Crippen molar-refractivity contribution in [2.45, 2.75) is 32.6 Å². The SMILES string of the molecule is CC1CCCC(CNc2ccc(C(=O)O)c(Br)c2F)C1. The van der Waals surface area contributed by atoms with Gasteiger partial charge in [0.05, 0.1) is 15.7 Å². The molecule has 0 aliphatic heterocycles. The molecule has 0 saturated heterocycles. The maximum absolute atomic E-state index is 14.1. The Balaban J connectivity index is 2.03. The van der Waals surface area contributed by atoms with Crippen molar-refractivity contribution in [2.75, 3.05) is 11.9 Å². The molecule has 2 atom stereocenters. The lowest BCUT2D eigenvalue weighted by Gasteiger charge is -2.27. The third-order valence-corrected chi connectivity index (χ3v) is 4.71. The monoisotopic (exact) mass is 343 g/mol. The van der Waals surface area contributed by atoms with Gasteiger partial charge >= 0.3 is 5.97 Å². The quantitative estimate of drug-likeness (QED) is 0.844. The van der Waals surface area contributed by atoms with Gasteiger partial charge in [-0.3, -0.25) is 0 Å². The van der Waals surface area contributed by atoms with Crippen LogP contribution in [0.1, 0.15) is 43.0 Å². The zero-order chi connectivity index (χ0) is 14.7. The van der Waals surface area contributed by atoms with Crippen molar-refractivity contribution < 1.29 is 14.3 Å². The average molecular weight is 344 g/mol. The van der Waals surface area contributed by atoms with Crippen LogP contribution >= 0.6 is 15.9 Å². The van der Waals surface area contributed by atoms with Gasteiger partial charge in [0.2, 0.25) is 0 Å². The van der Waals surface area contributed by atoms with Gasteiger partial charge in [-0.1, -0.05) is 19.8 Å². The molecule has 3 nitrogen and oxygen atoms in total. The minimum Gasteiger partial charge on any atom is -0.478 e. The van der Waals surface area contributed by atoms with Crippen molar-refractivity contribution in [3.63, 3.8) is 0 Å². The number of hydrogen-bond acceptors (Lipinski definition) is 2. The molecule has 2 unspecified atom stereocenters. The maximum Gasteiger partial charge on any atom is 0.336 e. The Labute approximate surface area is 126 Å². The molecule has 0 spiro atoms. The number of halogens is 2. The van der Waals surface area contributed by atoms with Crippen LogP contribution in [0.3, 0.4) is 0 Å². The van der Waals surface area contributed by atoms with Crippen LogP contribution in [0.15, 0.2) is 16.6 Å². The van der Waals surface area contributed by atoms with Crippen molar-refractivity contribution in [2.24, 2.45) is 11.8 Å². The summed E-state index contributed by atoms with van der Waals surface area (Å²) in [5.74, 6) is -0.366. The molecule has 2 N–H and O–H groups in total. The van der Waals surface area contributed by atoms with Gasteiger partial charge in [0.1, 0.15) is 0 Å². The Morgan fingerprint density at radius 2 is 2.25 bits per heavy atom. The first-order valence-electron chi connectivity index (χ1n) is 6.94. The van der Waals surface area contributed by atoms with Crippen LogP contribution < -0.4 is 5.32 Å². The second-order valence-electron chi connectivity index (χ2n) is 5.61. The van der Waals surface area contributed by atoms with Crippen molar-refractivity contribution in [1.82, 2.24) is 0 Å². The first-order valence-corrected chi connectivity index (χ1v) is 7.73. The van der Waals surface area contributed by atoms with Crippen LogP contribution in [0.5, 0.6) is 0 Å². The predicted molar refractivity (Wildman–Crippen MR) is 80.7 cm³/mol. The van der Waals surface area contributed by atoms with Gasteiger partial charge in [0.25, 0.3) is 0 Å². The van der Waals surface area contributed by atoms with Crippen molar-refractivity contribution >= 4 is 27.6 Å². The molecule has 1 aromatic rings. The topological polar surface area (TPSA) is 49.3 Å². The molecule has 1 aromatic carbocycles. The molecule has 0 amide bonds. The largest absolute Gasteiger partial charge is 0.478 e. The summed E-state index contributed by atoms with van der Waals surface area (Å²) in [4.78, 5) is 10.9. The molecule has 110 valence electrons. The summed E-state index contributed by atoms with van der Waals surface area (Å²) in [5, 5.41) is 12.0. The molecule has 0 aromatic heterocycles. The van der Waals surface area contributed by atoms with Gasteiger partial charge in [0.15, 0.2) is 5.82 Å². The molecule has 5 heteroatoms. The molecule has 1 aliphatic rings. The molecular weight excluding hydrogens is 325 g/mol. The Hall–Kier alpha value is -1.10. The highest BCUT2D eigenvalue weighted by Crippen LogP contribution is 2.30. The highest BCUT2D eigenvalue weighted by atomic mass is 79.9. The van der Waals surface area contributed by atoms with Crippen LogP contribution in [-0.2, 0) is 0 Å². The molecule has 0 bridgehead atoms. The van der Waals surface area contributed by atoms with Crippen LogP contribution in [0.4, 0.5) is 10.1 Å². The first kappa shape index (κ1) is 15.3. The molecule has 1 saturated carbocycles. The second kappa shape index (κ2) is 6.57. The third-order valence-electron chi connectivity index (χ3n) is 3.94. The Morgan fingerprint density at radius 3 is 2.90 bits per heavy atom. The van der Waals surface area contributed by atoms with E-state index in [9.17, 15) is 9.18 Å². The lowest BCUT2D eigenvalue weighted by molar-refractivity contribution is 0.0695. The number of hydrogen-bond donors (Lipinski definition) is 2. The molecule has 1 fully saturated rings. The standard InChI is InChI=1S/C15H19BrFNO2/c1-9-3-2-4-10(7-9)8-18-12-6-5-11(15(19)20)13(16)14(12)17/h5-6,9-10,18H,2-4,7-8H2,1H3,(H,19,20). The number of carboxylic acids is 1. The van der Waals surface area contributed by atoms with Crippen molar-refractivity contribution in [3.8, 4) is 0 Å². The molecular formula is C15H19BrFNO2. The summed E-state index contributed by atoms with van der Waals surface area (Å²) in [6.45, 7) is 2.99. The lowest BCUT2D eigenvalue weighted by Crippen LogP contribution is -2.21. The van der Waals surface area contributed by atoms with E-state index in [1.807, 2.05) is 0 Å². The van der Waals surface area contributed by atoms with Crippen LogP contribution in [-0.4, -0.2) is 17.6 Å². The number of aromatic carboxylic acids is 1. The maximum atomic E-state index is 14.1. The minimum absolute atomic E-state index is 0.00649. The fraction of sp³-hybridized carbons (Fsp3) is 0.533. The number of nitrogens with one attached hydrogen (secondary N) is 1. The Bertz CT molecular complexity index is 507. The molecule has 20 heavy (non-hydrogen) atoms. The van der Waals surface area contributed by atoms with Gasteiger partial charge < -0.3 is 10.4 Å². The van der Waals surface area contributed by atoms with Crippen LogP contribution in [0.2, 0.25) is 0 Å². The fourth-order valence-corrected chi connectivity index (χ4v) is 3.37. The normalized spacial score (nSPS) is 22.6. The van der Waals surface area contributed by atoms with E-state index in [4.69, 9.17) is 5.11 Å². The summed E-state index contributed by atoms with van der Waals surface area (Å²) in [7, 11) is 0.